The van der Waals surface area contributed by atoms with Crippen molar-refractivity contribution in [1.82, 2.24) is 9.78 Å². The molecule has 0 spiro atoms. The SMILES string of the molecule is Cn1cc(C2=CCCc3ccc(C(=O)N=C(N)N)cc32)cn1. The Morgan fingerprint density at radius 3 is 2.86 bits per heavy atom. The molecule has 1 aromatic carbocycles. The van der Waals surface area contributed by atoms with Crippen LogP contribution in [0.2, 0.25) is 0 Å². The van der Waals surface area contributed by atoms with Gasteiger partial charge >= 0.3 is 0 Å². The molecule has 4 N–H and O–H groups in total. The van der Waals surface area contributed by atoms with E-state index in [0.717, 1.165) is 29.5 Å². The fourth-order valence-corrected chi connectivity index (χ4v) is 2.68. The smallest absolute Gasteiger partial charge is 0.280 e. The number of aryl methyl sites for hydroxylation is 2. The highest BCUT2D eigenvalue weighted by Crippen LogP contribution is 2.32. The number of rotatable bonds is 2. The largest absolute Gasteiger partial charge is 0.370 e. The highest BCUT2D eigenvalue weighted by Gasteiger charge is 2.17. The Balaban J connectivity index is 2.05. The monoisotopic (exact) mass is 295 g/mol. The number of nitrogens with zero attached hydrogens (tertiary/aromatic N) is 3. The number of fused-ring (bicyclic) bond motifs is 1. The molecule has 2 aromatic rings. The Labute approximate surface area is 128 Å². The molecule has 22 heavy (non-hydrogen) atoms. The summed E-state index contributed by atoms with van der Waals surface area (Å²) in [5.41, 5.74) is 15.4. The number of hydrogen-bond donors (Lipinski definition) is 2. The molecule has 6 heteroatoms. The molecule has 1 amide bonds. The normalized spacial score (nSPS) is 13.2. The van der Waals surface area contributed by atoms with E-state index in [9.17, 15) is 4.79 Å². The third-order valence-electron chi connectivity index (χ3n) is 3.66. The summed E-state index contributed by atoms with van der Waals surface area (Å²) in [4.78, 5) is 15.6. The van der Waals surface area contributed by atoms with Gasteiger partial charge in [0.25, 0.3) is 5.91 Å². The van der Waals surface area contributed by atoms with Gasteiger partial charge in [-0.3, -0.25) is 9.48 Å². The standard InChI is InChI=1S/C16H17N5O/c1-21-9-12(8-19-21)13-4-2-3-10-5-6-11(7-14(10)13)15(22)20-16(17)18/h4-9H,2-3H2,1H3,(H4,17,18,20,22). The summed E-state index contributed by atoms with van der Waals surface area (Å²) in [6.07, 6.45) is 7.89. The van der Waals surface area contributed by atoms with Gasteiger partial charge in [0.2, 0.25) is 0 Å². The van der Waals surface area contributed by atoms with Crippen molar-refractivity contribution in [3.05, 3.63) is 58.9 Å². The predicted molar refractivity (Wildman–Crippen MR) is 85.2 cm³/mol. The van der Waals surface area contributed by atoms with E-state index in [-0.39, 0.29) is 5.96 Å². The van der Waals surface area contributed by atoms with Crippen LogP contribution in [0.5, 0.6) is 0 Å². The molecule has 0 fully saturated rings. The van der Waals surface area contributed by atoms with Gasteiger partial charge in [-0.2, -0.15) is 10.1 Å². The quantitative estimate of drug-likeness (QED) is 0.642. The van der Waals surface area contributed by atoms with Crippen LogP contribution in [0.3, 0.4) is 0 Å². The van der Waals surface area contributed by atoms with Crippen LogP contribution in [0.15, 0.2) is 41.7 Å². The number of amides is 1. The minimum Gasteiger partial charge on any atom is -0.370 e. The second-order valence-electron chi connectivity index (χ2n) is 5.27. The van der Waals surface area contributed by atoms with Gasteiger partial charge in [0.05, 0.1) is 6.20 Å². The second kappa shape index (κ2) is 5.48. The van der Waals surface area contributed by atoms with Crippen molar-refractivity contribution in [1.29, 1.82) is 0 Å². The van der Waals surface area contributed by atoms with Crippen LogP contribution in [0, 0.1) is 0 Å². The Morgan fingerprint density at radius 1 is 1.36 bits per heavy atom. The number of carbonyl (C=O) groups is 1. The molecule has 6 nitrogen and oxygen atoms in total. The van der Waals surface area contributed by atoms with E-state index in [4.69, 9.17) is 11.5 Å². The Kier molecular flexibility index (Phi) is 3.50. The maximum Gasteiger partial charge on any atom is 0.280 e. The molecule has 0 radical (unpaired) electrons. The van der Waals surface area contributed by atoms with Crippen LogP contribution in [0.25, 0.3) is 5.57 Å². The molecule has 3 rings (SSSR count). The fraction of sp³-hybridized carbons (Fsp3) is 0.188. The minimum atomic E-state index is -0.432. The molecule has 1 aliphatic carbocycles. The van der Waals surface area contributed by atoms with Crippen molar-refractivity contribution in [2.24, 2.45) is 23.5 Å². The first-order valence-corrected chi connectivity index (χ1v) is 7.01. The van der Waals surface area contributed by atoms with Gasteiger partial charge in [0.1, 0.15) is 0 Å². The summed E-state index contributed by atoms with van der Waals surface area (Å²) < 4.78 is 1.76. The zero-order valence-corrected chi connectivity index (χ0v) is 12.3. The van der Waals surface area contributed by atoms with Crippen LogP contribution < -0.4 is 11.5 Å². The van der Waals surface area contributed by atoms with Crippen molar-refractivity contribution in [3.8, 4) is 0 Å². The van der Waals surface area contributed by atoms with E-state index in [1.807, 2.05) is 31.6 Å². The molecule has 0 unspecified atom stereocenters. The number of aliphatic imine (C=N–C) groups is 1. The summed E-state index contributed by atoms with van der Waals surface area (Å²) in [5, 5.41) is 4.22. The second-order valence-corrected chi connectivity index (χ2v) is 5.27. The average Bonchev–Trinajstić information content (AvgIpc) is 2.91. The fourth-order valence-electron chi connectivity index (χ4n) is 2.68. The van der Waals surface area contributed by atoms with Crippen LogP contribution in [0.1, 0.15) is 33.5 Å². The lowest BCUT2D eigenvalue weighted by atomic mass is 9.87. The van der Waals surface area contributed by atoms with Crippen LogP contribution in [-0.2, 0) is 13.5 Å². The third kappa shape index (κ3) is 2.63. The maximum atomic E-state index is 12.0. The minimum absolute atomic E-state index is 0.231. The molecule has 1 aliphatic rings. The van der Waals surface area contributed by atoms with Gasteiger partial charge in [-0.05, 0) is 41.7 Å². The lowest BCUT2D eigenvalue weighted by molar-refractivity contribution is 0.100. The zero-order valence-electron chi connectivity index (χ0n) is 12.3. The number of nitrogens with two attached hydrogens (primary N) is 2. The van der Waals surface area contributed by atoms with Crippen molar-refractivity contribution < 1.29 is 4.79 Å². The molecule has 0 saturated carbocycles. The van der Waals surface area contributed by atoms with Gasteiger partial charge in [-0.15, -0.1) is 0 Å². The molecule has 0 aliphatic heterocycles. The molecule has 0 bridgehead atoms. The van der Waals surface area contributed by atoms with Crippen LogP contribution in [-0.4, -0.2) is 21.6 Å². The number of hydrogen-bond acceptors (Lipinski definition) is 2. The van der Waals surface area contributed by atoms with Crippen molar-refractivity contribution in [2.45, 2.75) is 12.8 Å². The zero-order chi connectivity index (χ0) is 15.7. The lowest BCUT2D eigenvalue weighted by Crippen LogP contribution is -2.24. The average molecular weight is 295 g/mol. The lowest BCUT2D eigenvalue weighted by Gasteiger charge is -2.17. The van der Waals surface area contributed by atoms with E-state index in [1.165, 1.54) is 5.56 Å². The first-order chi connectivity index (χ1) is 10.5. The summed E-state index contributed by atoms with van der Waals surface area (Å²) in [7, 11) is 1.88. The number of carbonyl (C=O) groups excluding carboxylic acids is 1. The number of allylic oxidation sites excluding steroid dienone is 1. The van der Waals surface area contributed by atoms with E-state index in [0.29, 0.717) is 5.56 Å². The Morgan fingerprint density at radius 2 is 2.18 bits per heavy atom. The first kappa shape index (κ1) is 14.1. The van der Waals surface area contributed by atoms with Gasteiger partial charge in [0.15, 0.2) is 5.96 Å². The van der Waals surface area contributed by atoms with E-state index >= 15 is 0 Å². The first-order valence-electron chi connectivity index (χ1n) is 7.01. The molecular formula is C16H17N5O. The molecule has 0 atom stereocenters. The Hall–Kier alpha value is -2.89. The van der Waals surface area contributed by atoms with Crippen LogP contribution >= 0.6 is 0 Å². The molecule has 1 aromatic heterocycles. The summed E-state index contributed by atoms with van der Waals surface area (Å²) in [6.45, 7) is 0. The highest BCUT2D eigenvalue weighted by molar-refractivity contribution is 6.02. The molecular weight excluding hydrogens is 278 g/mol. The van der Waals surface area contributed by atoms with Crippen molar-refractivity contribution >= 4 is 17.4 Å². The van der Waals surface area contributed by atoms with Crippen molar-refractivity contribution in [2.75, 3.05) is 0 Å². The molecule has 1 heterocycles. The van der Waals surface area contributed by atoms with Gasteiger partial charge < -0.3 is 11.5 Å². The number of benzene rings is 1. The summed E-state index contributed by atoms with van der Waals surface area (Å²) >= 11 is 0. The van der Waals surface area contributed by atoms with Crippen molar-refractivity contribution in [3.63, 3.8) is 0 Å². The summed E-state index contributed by atoms with van der Waals surface area (Å²) in [6, 6.07) is 5.58. The van der Waals surface area contributed by atoms with Gasteiger partial charge in [0, 0.05) is 24.4 Å². The topological polar surface area (TPSA) is 99.3 Å². The maximum absolute atomic E-state index is 12.0. The summed E-state index contributed by atoms with van der Waals surface area (Å²) in [5.74, 6) is -0.662. The van der Waals surface area contributed by atoms with E-state index in [2.05, 4.69) is 16.2 Å². The van der Waals surface area contributed by atoms with E-state index < -0.39 is 5.91 Å². The molecule has 112 valence electrons. The molecule has 0 saturated heterocycles. The van der Waals surface area contributed by atoms with Gasteiger partial charge in [-0.1, -0.05) is 12.1 Å². The third-order valence-corrected chi connectivity index (χ3v) is 3.66. The van der Waals surface area contributed by atoms with Gasteiger partial charge in [-0.25, -0.2) is 0 Å². The predicted octanol–water partition coefficient (Wildman–Crippen LogP) is 1.21. The number of guanidine groups is 1. The highest BCUT2D eigenvalue weighted by atomic mass is 16.1. The number of aromatic nitrogens is 2. The van der Waals surface area contributed by atoms with E-state index in [1.54, 1.807) is 10.7 Å². The Bertz CT molecular complexity index is 797. The van der Waals surface area contributed by atoms with Crippen LogP contribution in [0.4, 0.5) is 0 Å².